The van der Waals surface area contributed by atoms with Crippen molar-refractivity contribution in [2.24, 2.45) is 0 Å². The molecule has 0 aliphatic rings. The molecule has 0 unspecified atom stereocenters. The number of hydrogen-bond acceptors (Lipinski definition) is 4. The minimum atomic E-state index is 0.482. The van der Waals surface area contributed by atoms with E-state index in [0.717, 1.165) is 39.4 Å². The average molecular weight is 432 g/mol. The van der Waals surface area contributed by atoms with E-state index in [4.69, 9.17) is 9.72 Å². The standard InChI is InChI=1S/C23H18BrN3O/c24-15-17-7-9-18(10-8-17)16-28-19-13-22(20-5-1-3-11-25-20)27-23(14-19)21-6-2-4-12-26-21/h1-14H,15-16H2. The number of benzene rings is 1. The van der Waals surface area contributed by atoms with Gasteiger partial charge in [0.15, 0.2) is 0 Å². The summed E-state index contributed by atoms with van der Waals surface area (Å²) in [6.45, 7) is 0.482. The predicted molar refractivity (Wildman–Crippen MR) is 114 cm³/mol. The third-order valence-corrected chi connectivity index (χ3v) is 4.88. The summed E-state index contributed by atoms with van der Waals surface area (Å²) in [5, 5.41) is 0.847. The molecule has 4 aromatic rings. The van der Waals surface area contributed by atoms with Gasteiger partial charge in [-0.25, -0.2) is 4.98 Å². The van der Waals surface area contributed by atoms with E-state index in [2.05, 4.69) is 50.2 Å². The molecule has 0 aliphatic heterocycles. The van der Waals surface area contributed by atoms with Crippen molar-refractivity contribution in [3.63, 3.8) is 0 Å². The molecular weight excluding hydrogens is 414 g/mol. The Labute approximate surface area is 172 Å². The number of ether oxygens (including phenoxy) is 1. The van der Waals surface area contributed by atoms with Crippen LogP contribution in [-0.4, -0.2) is 15.0 Å². The van der Waals surface area contributed by atoms with Gasteiger partial charge in [0.2, 0.25) is 0 Å². The van der Waals surface area contributed by atoms with Crippen LogP contribution < -0.4 is 4.74 Å². The Kier molecular flexibility index (Phi) is 5.73. The molecule has 0 atom stereocenters. The summed E-state index contributed by atoms with van der Waals surface area (Å²) < 4.78 is 6.08. The molecule has 0 bridgehead atoms. The summed E-state index contributed by atoms with van der Waals surface area (Å²) in [7, 11) is 0. The zero-order valence-electron chi connectivity index (χ0n) is 15.1. The Morgan fingerprint density at radius 2 is 1.25 bits per heavy atom. The second-order valence-corrected chi connectivity index (χ2v) is 6.80. The SMILES string of the molecule is BrCc1ccc(COc2cc(-c3ccccn3)nc(-c3ccccn3)c2)cc1. The molecule has 3 heterocycles. The highest BCUT2D eigenvalue weighted by molar-refractivity contribution is 9.08. The maximum Gasteiger partial charge on any atom is 0.124 e. The molecule has 0 saturated carbocycles. The molecular formula is C23H18BrN3O. The number of aromatic nitrogens is 3. The van der Waals surface area contributed by atoms with Gasteiger partial charge in [0, 0.05) is 29.9 Å². The van der Waals surface area contributed by atoms with Gasteiger partial charge in [0.05, 0.1) is 22.8 Å². The molecule has 0 aliphatic carbocycles. The van der Waals surface area contributed by atoms with Crippen molar-refractivity contribution in [3.05, 3.63) is 96.3 Å². The van der Waals surface area contributed by atoms with E-state index < -0.39 is 0 Å². The topological polar surface area (TPSA) is 47.9 Å². The minimum Gasteiger partial charge on any atom is -0.489 e. The highest BCUT2D eigenvalue weighted by Crippen LogP contribution is 2.27. The first-order valence-corrected chi connectivity index (χ1v) is 10.1. The second kappa shape index (κ2) is 8.76. The Hall–Kier alpha value is -3.05. The molecule has 0 spiro atoms. The molecule has 5 heteroatoms. The molecule has 0 saturated heterocycles. The van der Waals surface area contributed by atoms with Crippen LogP contribution in [0.15, 0.2) is 85.2 Å². The lowest BCUT2D eigenvalue weighted by Gasteiger charge is -2.11. The van der Waals surface area contributed by atoms with Gasteiger partial charge >= 0.3 is 0 Å². The van der Waals surface area contributed by atoms with Crippen LogP contribution in [0.4, 0.5) is 0 Å². The highest BCUT2D eigenvalue weighted by atomic mass is 79.9. The van der Waals surface area contributed by atoms with Gasteiger partial charge < -0.3 is 4.74 Å². The predicted octanol–water partition coefficient (Wildman–Crippen LogP) is 5.68. The van der Waals surface area contributed by atoms with E-state index >= 15 is 0 Å². The summed E-state index contributed by atoms with van der Waals surface area (Å²) in [5.41, 5.74) is 5.46. The van der Waals surface area contributed by atoms with Gasteiger partial charge in [-0.05, 0) is 35.4 Å². The molecule has 4 rings (SSSR count). The fraction of sp³-hybridized carbons (Fsp3) is 0.0870. The van der Waals surface area contributed by atoms with E-state index in [1.54, 1.807) is 12.4 Å². The smallest absolute Gasteiger partial charge is 0.124 e. The van der Waals surface area contributed by atoms with E-state index in [0.29, 0.717) is 6.61 Å². The molecule has 138 valence electrons. The Bertz CT molecular complexity index is 981. The van der Waals surface area contributed by atoms with Crippen LogP contribution in [0.5, 0.6) is 5.75 Å². The maximum absolute atomic E-state index is 6.08. The quantitative estimate of drug-likeness (QED) is 0.368. The third-order valence-electron chi connectivity index (χ3n) is 4.24. The van der Waals surface area contributed by atoms with Crippen LogP contribution in [0, 0.1) is 0 Å². The zero-order valence-corrected chi connectivity index (χ0v) is 16.7. The summed E-state index contributed by atoms with van der Waals surface area (Å²) in [5.74, 6) is 0.737. The Morgan fingerprint density at radius 3 is 1.75 bits per heavy atom. The molecule has 0 amide bonds. The second-order valence-electron chi connectivity index (χ2n) is 6.24. The third kappa shape index (κ3) is 4.43. The van der Waals surface area contributed by atoms with Gasteiger partial charge in [-0.1, -0.05) is 52.3 Å². The monoisotopic (exact) mass is 431 g/mol. The van der Waals surface area contributed by atoms with Crippen molar-refractivity contribution >= 4 is 15.9 Å². The summed E-state index contributed by atoms with van der Waals surface area (Å²) in [6, 6.07) is 23.7. The first-order chi connectivity index (χ1) is 13.8. The van der Waals surface area contributed by atoms with Crippen molar-refractivity contribution in [3.8, 4) is 28.5 Å². The number of rotatable bonds is 6. The fourth-order valence-electron chi connectivity index (χ4n) is 2.77. The van der Waals surface area contributed by atoms with Crippen LogP contribution in [0.1, 0.15) is 11.1 Å². The van der Waals surface area contributed by atoms with Crippen molar-refractivity contribution in [1.82, 2.24) is 15.0 Å². The summed E-state index contributed by atoms with van der Waals surface area (Å²) >= 11 is 3.47. The first kappa shape index (κ1) is 18.3. The first-order valence-electron chi connectivity index (χ1n) is 8.93. The fourth-order valence-corrected chi connectivity index (χ4v) is 3.14. The molecule has 4 nitrogen and oxygen atoms in total. The van der Waals surface area contributed by atoms with Crippen LogP contribution in [0.25, 0.3) is 22.8 Å². The number of halogens is 1. The lowest BCUT2D eigenvalue weighted by Crippen LogP contribution is -1.99. The molecule has 0 N–H and O–H groups in total. The molecule has 0 radical (unpaired) electrons. The van der Waals surface area contributed by atoms with E-state index in [9.17, 15) is 0 Å². The number of hydrogen-bond donors (Lipinski definition) is 0. The van der Waals surface area contributed by atoms with Gasteiger partial charge in [0.1, 0.15) is 12.4 Å². The van der Waals surface area contributed by atoms with Crippen molar-refractivity contribution in [1.29, 1.82) is 0 Å². The molecule has 1 aromatic carbocycles. The summed E-state index contributed by atoms with van der Waals surface area (Å²) in [4.78, 5) is 13.6. The van der Waals surface area contributed by atoms with Crippen molar-refractivity contribution in [2.45, 2.75) is 11.9 Å². The zero-order chi connectivity index (χ0) is 19.2. The minimum absolute atomic E-state index is 0.482. The lowest BCUT2D eigenvalue weighted by atomic mass is 10.1. The van der Waals surface area contributed by atoms with Gasteiger partial charge in [-0.3, -0.25) is 9.97 Å². The van der Waals surface area contributed by atoms with E-state index in [1.165, 1.54) is 5.56 Å². The van der Waals surface area contributed by atoms with Crippen LogP contribution in [-0.2, 0) is 11.9 Å². The van der Waals surface area contributed by atoms with Crippen LogP contribution in [0.2, 0.25) is 0 Å². The van der Waals surface area contributed by atoms with Gasteiger partial charge in [-0.15, -0.1) is 0 Å². The lowest BCUT2D eigenvalue weighted by molar-refractivity contribution is 0.306. The molecule has 3 aromatic heterocycles. The molecule has 0 fully saturated rings. The van der Waals surface area contributed by atoms with Gasteiger partial charge in [0.25, 0.3) is 0 Å². The normalized spacial score (nSPS) is 10.6. The van der Waals surface area contributed by atoms with Crippen molar-refractivity contribution in [2.75, 3.05) is 0 Å². The van der Waals surface area contributed by atoms with Gasteiger partial charge in [-0.2, -0.15) is 0 Å². The number of pyridine rings is 3. The Morgan fingerprint density at radius 1 is 0.679 bits per heavy atom. The maximum atomic E-state index is 6.08. The van der Waals surface area contributed by atoms with E-state index in [1.807, 2.05) is 48.5 Å². The van der Waals surface area contributed by atoms with E-state index in [-0.39, 0.29) is 0 Å². The number of alkyl halides is 1. The van der Waals surface area contributed by atoms with Crippen LogP contribution >= 0.6 is 15.9 Å². The largest absolute Gasteiger partial charge is 0.489 e. The number of nitrogens with zero attached hydrogens (tertiary/aromatic N) is 3. The van der Waals surface area contributed by atoms with Crippen LogP contribution in [0.3, 0.4) is 0 Å². The van der Waals surface area contributed by atoms with Crippen molar-refractivity contribution < 1.29 is 4.74 Å². The Balaban J connectivity index is 1.65. The molecule has 28 heavy (non-hydrogen) atoms. The summed E-state index contributed by atoms with van der Waals surface area (Å²) in [6.07, 6.45) is 3.52. The highest BCUT2D eigenvalue weighted by Gasteiger charge is 2.10. The average Bonchev–Trinajstić information content (AvgIpc) is 2.79.